The van der Waals surface area contributed by atoms with E-state index in [-0.39, 0.29) is 21.4 Å². The lowest BCUT2D eigenvalue weighted by molar-refractivity contribution is 0.0951. The first-order chi connectivity index (χ1) is 9.62. The molecular weight excluding hydrogens is 333 g/mol. The number of benzene rings is 1. The molecule has 0 aliphatic heterocycles. The molecule has 0 spiro atoms. The van der Waals surface area contributed by atoms with Crippen molar-refractivity contribution in [3.63, 3.8) is 0 Å². The quantitative estimate of drug-likeness (QED) is 0.627. The van der Waals surface area contributed by atoms with E-state index in [1.54, 1.807) is 6.92 Å². The van der Waals surface area contributed by atoms with Crippen molar-refractivity contribution in [1.29, 1.82) is 0 Å². The molecule has 1 amide bonds. The summed E-state index contributed by atoms with van der Waals surface area (Å²) in [7, 11) is 1.38. The van der Waals surface area contributed by atoms with Crippen molar-refractivity contribution < 1.29 is 13.2 Å². The zero-order valence-corrected chi connectivity index (χ0v) is 14.6. The number of carbonyl (C=O) groups excluding carboxylic acids is 1. The van der Waals surface area contributed by atoms with Crippen LogP contribution < -0.4 is 5.32 Å². The van der Waals surface area contributed by atoms with Crippen molar-refractivity contribution >= 4 is 37.2 Å². The maximum atomic E-state index is 12.1. The SMILES string of the molecule is Cc1c(Cl)cc(S(=O)(=O)Cl)cc1C(=O)NCCCC(C)C. The number of rotatable bonds is 6. The highest BCUT2D eigenvalue weighted by molar-refractivity contribution is 8.13. The fraction of sp³-hybridized carbons (Fsp3) is 0.500. The smallest absolute Gasteiger partial charge is 0.261 e. The third-order valence-electron chi connectivity index (χ3n) is 3.09. The largest absolute Gasteiger partial charge is 0.352 e. The second-order valence-corrected chi connectivity index (χ2v) is 8.28. The van der Waals surface area contributed by atoms with Crippen molar-refractivity contribution in [2.45, 2.75) is 38.5 Å². The molecule has 1 rings (SSSR count). The van der Waals surface area contributed by atoms with Gasteiger partial charge in [0.15, 0.2) is 0 Å². The number of hydrogen-bond acceptors (Lipinski definition) is 3. The molecule has 4 nitrogen and oxygen atoms in total. The van der Waals surface area contributed by atoms with E-state index in [9.17, 15) is 13.2 Å². The zero-order valence-electron chi connectivity index (χ0n) is 12.2. The third kappa shape index (κ3) is 5.49. The Morgan fingerprint density at radius 2 is 1.95 bits per heavy atom. The average molecular weight is 352 g/mol. The molecule has 0 aromatic heterocycles. The molecule has 0 aliphatic rings. The van der Waals surface area contributed by atoms with Crippen molar-refractivity contribution in [3.05, 3.63) is 28.3 Å². The molecule has 0 unspecified atom stereocenters. The number of carbonyl (C=O) groups is 1. The van der Waals surface area contributed by atoms with Crippen LogP contribution in [0.15, 0.2) is 17.0 Å². The highest BCUT2D eigenvalue weighted by atomic mass is 35.7. The summed E-state index contributed by atoms with van der Waals surface area (Å²) in [4.78, 5) is 12.0. The molecule has 0 saturated carbocycles. The van der Waals surface area contributed by atoms with Crippen LogP contribution in [-0.4, -0.2) is 20.9 Å². The number of hydrogen-bond donors (Lipinski definition) is 1. The van der Waals surface area contributed by atoms with E-state index in [2.05, 4.69) is 19.2 Å². The Morgan fingerprint density at radius 1 is 1.33 bits per heavy atom. The minimum atomic E-state index is -3.93. The van der Waals surface area contributed by atoms with Gasteiger partial charge in [0, 0.05) is 27.8 Å². The van der Waals surface area contributed by atoms with E-state index in [1.807, 2.05) is 0 Å². The van der Waals surface area contributed by atoms with Crippen LogP contribution in [0, 0.1) is 12.8 Å². The summed E-state index contributed by atoms with van der Waals surface area (Å²) in [5, 5.41) is 2.96. The molecule has 0 fully saturated rings. The van der Waals surface area contributed by atoms with Gasteiger partial charge in [-0.1, -0.05) is 25.4 Å². The van der Waals surface area contributed by atoms with Crippen LogP contribution in [0.2, 0.25) is 5.02 Å². The lowest BCUT2D eigenvalue weighted by Gasteiger charge is -2.11. The van der Waals surface area contributed by atoms with Crippen LogP contribution in [0.5, 0.6) is 0 Å². The molecule has 1 aromatic rings. The number of halogens is 2. The first-order valence-electron chi connectivity index (χ1n) is 6.66. The average Bonchev–Trinajstić information content (AvgIpc) is 2.35. The Morgan fingerprint density at radius 3 is 2.48 bits per heavy atom. The van der Waals surface area contributed by atoms with E-state index in [0.29, 0.717) is 18.0 Å². The highest BCUT2D eigenvalue weighted by Gasteiger charge is 2.18. The van der Waals surface area contributed by atoms with Gasteiger partial charge in [-0.2, -0.15) is 0 Å². The predicted molar refractivity (Wildman–Crippen MR) is 85.6 cm³/mol. The molecule has 1 N–H and O–H groups in total. The fourth-order valence-corrected chi connectivity index (χ4v) is 2.91. The lowest BCUT2D eigenvalue weighted by atomic mass is 10.1. The first kappa shape index (κ1) is 18.3. The van der Waals surface area contributed by atoms with Gasteiger partial charge < -0.3 is 5.32 Å². The third-order valence-corrected chi connectivity index (χ3v) is 4.81. The zero-order chi connectivity index (χ0) is 16.2. The van der Waals surface area contributed by atoms with Crippen LogP contribution in [0.3, 0.4) is 0 Å². The molecule has 0 atom stereocenters. The normalized spacial score (nSPS) is 11.7. The monoisotopic (exact) mass is 351 g/mol. The molecule has 118 valence electrons. The fourth-order valence-electron chi connectivity index (χ4n) is 1.84. The summed E-state index contributed by atoms with van der Waals surface area (Å²) in [5.74, 6) is 0.225. The summed E-state index contributed by atoms with van der Waals surface area (Å²) in [5.41, 5.74) is 0.758. The molecule has 0 radical (unpaired) electrons. The summed E-state index contributed by atoms with van der Waals surface area (Å²) in [6, 6.07) is 2.50. The number of amides is 1. The Kier molecular flexibility index (Phi) is 6.50. The first-order valence-corrected chi connectivity index (χ1v) is 9.34. The van der Waals surface area contributed by atoms with Gasteiger partial charge in [0.05, 0.1) is 4.90 Å². The number of nitrogens with one attached hydrogen (secondary N) is 1. The molecule has 0 saturated heterocycles. The van der Waals surface area contributed by atoms with Gasteiger partial charge in [0.2, 0.25) is 0 Å². The van der Waals surface area contributed by atoms with Crippen molar-refractivity contribution in [2.75, 3.05) is 6.54 Å². The second kappa shape index (κ2) is 7.47. The van der Waals surface area contributed by atoms with Gasteiger partial charge in [0.1, 0.15) is 0 Å². The van der Waals surface area contributed by atoms with Crippen LogP contribution >= 0.6 is 22.3 Å². The summed E-state index contributed by atoms with van der Waals surface area (Å²) < 4.78 is 22.8. The predicted octanol–water partition coefficient (Wildman–Crippen LogP) is 3.74. The second-order valence-electron chi connectivity index (χ2n) is 5.31. The Hall–Kier alpha value is -0.780. The van der Waals surface area contributed by atoms with E-state index in [0.717, 1.165) is 12.8 Å². The highest BCUT2D eigenvalue weighted by Crippen LogP contribution is 2.26. The van der Waals surface area contributed by atoms with Gasteiger partial charge in [-0.3, -0.25) is 4.79 Å². The Balaban J connectivity index is 2.91. The van der Waals surface area contributed by atoms with Crippen molar-refractivity contribution in [3.8, 4) is 0 Å². The van der Waals surface area contributed by atoms with Crippen LogP contribution in [-0.2, 0) is 9.05 Å². The van der Waals surface area contributed by atoms with Crippen molar-refractivity contribution in [2.24, 2.45) is 5.92 Å². The van der Waals surface area contributed by atoms with Crippen LogP contribution in [0.1, 0.15) is 42.6 Å². The Labute approximate surface area is 135 Å². The standard InChI is InChI=1S/C14H19Cl2NO3S/c1-9(2)5-4-6-17-14(18)12-7-11(21(16,19)20)8-13(15)10(12)3/h7-9H,4-6H2,1-3H3,(H,17,18). The maximum absolute atomic E-state index is 12.1. The minimum Gasteiger partial charge on any atom is -0.352 e. The van der Waals surface area contributed by atoms with Gasteiger partial charge in [0.25, 0.3) is 15.0 Å². The van der Waals surface area contributed by atoms with E-state index in [1.165, 1.54) is 12.1 Å². The minimum absolute atomic E-state index is 0.174. The lowest BCUT2D eigenvalue weighted by Crippen LogP contribution is -2.25. The van der Waals surface area contributed by atoms with Gasteiger partial charge in [-0.05, 0) is 43.4 Å². The Bertz CT molecular complexity index is 627. The summed E-state index contributed by atoms with van der Waals surface area (Å²) in [6.45, 7) is 6.42. The van der Waals surface area contributed by atoms with Crippen molar-refractivity contribution in [1.82, 2.24) is 5.32 Å². The van der Waals surface area contributed by atoms with E-state index in [4.69, 9.17) is 22.3 Å². The van der Waals surface area contributed by atoms with Gasteiger partial charge in [-0.15, -0.1) is 0 Å². The summed E-state index contributed by atoms with van der Waals surface area (Å²) in [6.07, 6.45) is 1.87. The summed E-state index contributed by atoms with van der Waals surface area (Å²) >= 11 is 5.97. The molecule has 0 bridgehead atoms. The van der Waals surface area contributed by atoms with E-state index < -0.39 is 9.05 Å². The molecule has 0 heterocycles. The maximum Gasteiger partial charge on any atom is 0.261 e. The molecule has 21 heavy (non-hydrogen) atoms. The molecule has 7 heteroatoms. The van der Waals surface area contributed by atoms with Gasteiger partial charge in [-0.25, -0.2) is 8.42 Å². The van der Waals surface area contributed by atoms with Gasteiger partial charge >= 0.3 is 0 Å². The van der Waals surface area contributed by atoms with Crippen LogP contribution in [0.4, 0.5) is 0 Å². The molecule has 0 aliphatic carbocycles. The molecular formula is C14H19Cl2NO3S. The topological polar surface area (TPSA) is 63.2 Å². The van der Waals surface area contributed by atoms with E-state index >= 15 is 0 Å². The molecule has 1 aromatic carbocycles. The van der Waals surface area contributed by atoms with Crippen LogP contribution in [0.25, 0.3) is 0 Å².